The molecule has 1 heterocycles. The molecule has 0 aliphatic heterocycles. The predicted molar refractivity (Wildman–Crippen MR) is 50.2 cm³/mol. The summed E-state index contributed by atoms with van der Waals surface area (Å²) < 4.78 is 0. The van der Waals surface area contributed by atoms with Crippen LogP contribution in [0.15, 0.2) is 11.4 Å². The zero-order valence-electron chi connectivity index (χ0n) is 7.03. The second kappa shape index (κ2) is 4.04. The van der Waals surface area contributed by atoms with Crippen molar-refractivity contribution in [3.8, 4) is 0 Å². The summed E-state index contributed by atoms with van der Waals surface area (Å²) in [4.78, 5) is 21.6. The van der Waals surface area contributed by atoms with Gasteiger partial charge in [0, 0.05) is 6.42 Å². The van der Waals surface area contributed by atoms with E-state index in [1.807, 2.05) is 0 Å². The van der Waals surface area contributed by atoms with E-state index in [2.05, 4.69) is 5.32 Å². The van der Waals surface area contributed by atoms with Gasteiger partial charge >= 0.3 is 5.97 Å². The lowest BCUT2D eigenvalue weighted by Crippen LogP contribution is -2.10. The van der Waals surface area contributed by atoms with Crippen LogP contribution < -0.4 is 5.32 Å². The summed E-state index contributed by atoms with van der Waals surface area (Å²) in [6.07, 6.45) is 0.344. The molecule has 1 aromatic rings. The van der Waals surface area contributed by atoms with Crippen molar-refractivity contribution in [1.29, 1.82) is 0 Å². The normalized spacial score (nSPS) is 9.62. The van der Waals surface area contributed by atoms with E-state index < -0.39 is 5.97 Å². The maximum absolute atomic E-state index is 11.0. The molecule has 13 heavy (non-hydrogen) atoms. The first kappa shape index (κ1) is 9.73. The first-order valence-electron chi connectivity index (χ1n) is 3.75. The van der Waals surface area contributed by atoms with Crippen LogP contribution in [0.5, 0.6) is 0 Å². The molecule has 70 valence electrons. The van der Waals surface area contributed by atoms with Crippen molar-refractivity contribution in [1.82, 2.24) is 0 Å². The fraction of sp³-hybridized carbons (Fsp3) is 0.250. The minimum Gasteiger partial charge on any atom is -0.478 e. The van der Waals surface area contributed by atoms with Crippen molar-refractivity contribution in [3.63, 3.8) is 0 Å². The number of rotatable bonds is 3. The summed E-state index contributed by atoms with van der Waals surface area (Å²) in [6, 6.07) is 1.47. The summed E-state index contributed by atoms with van der Waals surface area (Å²) in [5.74, 6) is -1.20. The van der Waals surface area contributed by atoms with Gasteiger partial charge in [-0.2, -0.15) is 0 Å². The second-order valence-corrected chi connectivity index (χ2v) is 3.29. The minimum absolute atomic E-state index is 0.145. The van der Waals surface area contributed by atoms with Crippen molar-refractivity contribution < 1.29 is 14.7 Å². The second-order valence-electron chi connectivity index (χ2n) is 2.37. The molecule has 0 aliphatic carbocycles. The standard InChI is InChI=1S/C8H9NO3S/c1-2-6(10)9-7-5(8(11)12)3-4-13-7/h3-4H,2H2,1H3,(H,9,10)(H,11,12). The van der Waals surface area contributed by atoms with E-state index in [1.54, 1.807) is 12.3 Å². The van der Waals surface area contributed by atoms with Crippen molar-refractivity contribution in [3.05, 3.63) is 17.0 Å². The zero-order valence-corrected chi connectivity index (χ0v) is 7.85. The predicted octanol–water partition coefficient (Wildman–Crippen LogP) is 1.79. The van der Waals surface area contributed by atoms with Gasteiger partial charge in [0.15, 0.2) is 0 Å². The molecule has 1 rings (SSSR count). The molecular formula is C8H9NO3S. The van der Waals surface area contributed by atoms with Crippen LogP contribution >= 0.6 is 11.3 Å². The maximum atomic E-state index is 11.0. The molecule has 0 bridgehead atoms. The smallest absolute Gasteiger partial charge is 0.338 e. The van der Waals surface area contributed by atoms with E-state index in [4.69, 9.17) is 5.11 Å². The summed E-state index contributed by atoms with van der Waals surface area (Å²) in [7, 11) is 0. The Labute approximate surface area is 79.2 Å². The Morgan fingerprint density at radius 2 is 2.31 bits per heavy atom. The van der Waals surface area contributed by atoms with E-state index >= 15 is 0 Å². The SMILES string of the molecule is CCC(=O)Nc1sccc1C(=O)O. The average Bonchev–Trinajstić information content (AvgIpc) is 2.52. The Kier molecular flexibility index (Phi) is 3.02. The number of carbonyl (C=O) groups is 2. The fourth-order valence-electron chi connectivity index (χ4n) is 0.789. The van der Waals surface area contributed by atoms with Crippen LogP contribution in [-0.4, -0.2) is 17.0 Å². The van der Waals surface area contributed by atoms with Crippen molar-refractivity contribution in [2.24, 2.45) is 0 Å². The van der Waals surface area contributed by atoms with Crippen LogP contribution in [0.3, 0.4) is 0 Å². The third-order valence-corrected chi connectivity index (χ3v) is 2.30. The molecule has 0 aromatic carbocycles. The molecule has 5 heteroatoms. The number of aromatic carboxylic acids is 1. The Hall–Kier alpha value is -1.36. The number of amides is 1. The molecule has 1 amide bonds. The largest absolute Gasteiger partial charge is 0.478 e. The summed E-state index contributed by atoms with van der Waals surface area (Å²) in [6.45, 7) is 1.71. The molecule has 1 aromatic heterocycles. The van der Waals surface area contributed by atoms with Crippen LogP contribution in [0.25, 0.3) is 0 Å². The summed E-state index contributed by atoms with van der Waals surface area (Å²) >= 11 is 1.21. The number of nitrogens with one attached hydrogen (secondary N) is 1. The molecule has 0 spiro atoms. The van der Waals surface area contributed by atoms with Gasteiger partial charge in [0.2, 0.25) is 5.91 Å². The van der Waals surface area contributed by atoms with Crippen molar-refractivity contribution >= 4 is 28.2 Å². The van der Waals surface area contributed by atoms with Gasteiger partial charge in [0.1, 0.15) is 5.00 Å². The first-order chi connectivity index (χ1) is 6.15. The Bertz CT molecular complexity index is 332. The van der Waals surface area contributed by atoms with Gasteiger partial charge in [-0.1, -0.05) is 6.92 Å². The fourth-order valence-corrected chi connectivity index (χ4v) is 1.58. The maximum Gasteiger partial charge on any atom is 0.338 e. The van der Waals surface area contributed by atoms with Gasteiger partial charge < -0.3 is 10.4 Å². The quantitative estimate of drug-likeness (QED) is 0.780. The van der Waals surface area contributed by atoms with Crippen LogP contribution in [0, 0.1) is 0 Å². The lowest BCUT2D eigenvalue weighted by molar-refractivity contribution is -0.115. The first-order valence-corrected chi connectivity index (χ1v) is 4.63. The van der Waals surface area contributed by atoms with Crippen molar-refractivity contribution in [2.75, 3.05) is 5.32 Å². The lowest BCUT2D eigenvalue weighted by Gasteiger charge is -2.00. The number of carbonyl (C=O) groups excluding carboxylic acids is 1. The number of carboxylic acids is 1. The van der Waals surface area contributed by atoms with E-state index in [0.717, 1.165) is 0 Å². The van der Waals surface area contributed by atoms with Crippen LogP contribution in [0.1, 0.15) is 23.7 Å². The Morgan fingerprint density at radius 3 is 2.85 bits per heavy atom. The highest BCUT2D eigenvalue weighted by Crippen LogP contribution is 2.22. The number of carboxylic acid groups (broad SMARTS) is 1. The van der Waals surface area contributed by atoms with Gasteiger partial charge in [0.05, 0.1) is 5.56 Å². The topological polar surface area (TPSA) is 66.4 Å². The molecule has 0 fully saturated rings. The van der Waals surface area contributed by atoms with E-state index in [-0.39, 0.29) is 11.5 Å². The molecule has 0 atom stereocenters. The van der Waals surface area contributed by atoms with Gasteiger partial charge in [-0.15, -0.1) is 11.3 Å². The van der Waals surface area contributed by atoms with E-state index in [9.17, 15) is 9.59 Å². The molecule has 0 radical (unpaired) electrons. The number of thiophene rings is 1. The molecule has 0 saturated carbocycles. The number of anilines is 1. The highest BCUT2D eigenvalue weighted by atomic mass is 32.1. The van der Waals surface area contributed by atoms with E-state index in [0.29, 0.717) is 11.4 Å². The van der Waals surface area contributed by atoms with E-state index in [1.165, 1.54) is 17.4 Å². The third kappa shape index (κ3) is 2.29. The highest BCUT2D eigenvalue weighted by molar-refractivity contribution is 7.14. The Balaban J connectivity index is 2.82. The zero-order chi connectivity index (χ0) is 9.84. The summed E-state index contributed by atoms with van der Waals surface area (Å²) in [5.41, 5.74) is 0.145. The number of hydrogen-bond acceptors (Lipinski definition) is 3. The van der Waals surface area contributed by atoms with Crippen molar-refractivity contribution in [2.45, 2.75) is 13.3 Å². The van der Waals surface area contributed by atoms with Crippen LogP contribution in [-0.2, 0) is 4.79 Å². The highest BCUT2D eigenvalue weighted by Gasteiger charge is 2.12. The van der Waals surface area contributed by atoms with Gasteiger partial charge in [-0.05, 0) is 11.4 Å². The van der Waals surface area contributed by atoms with Crippen LogP contribution in [0.4, 0.5) is 5.00 Å². The van der Waals surface area contributed by atoms with Crippen LogP contribution in [0.2, 0.25) is 0 Å². The molecule has 0 aliphatic rings. The Morgan fingerprint density at radius 1 is 1.62 bits per heavy atom. The lowest BCUT2D eigenvalue weighted by atomic mass is 10.3. The van der Waals surface area contributed by atoms with Gasteiger partial charge in [0.25, 0.3) is 0 Å². The molecule has 0 saturated heterocycles. The third-order valence-electron chi connectivity index (χ3n) is 1.47. The minimum atomic E-state index is -1.02. The molecular weight excluding hydrogens is 190 g/mol. The van der Waals surface area contributed by atoms with Gasteiger partial charge in [-0.3, -0.25) is 4.79 Å². The van der Waals surface area contributed by atoms with Gasteiger partial charge in [-0.25, -0.2) is 4.79 Å². The molecule has 2 N–H and O–H groups in total. The average molecular weight is 199 g/mol. The monoisotopic (exact) mass is 199 g/mol. The molecule has 0 unspecified atom stereocenters. The number of hydrogen-bond donors (Lipinski definition) is 2. The molecule has 4 nitrogen and oxygen atoms in total. The summed E-state index contributed by atoms with van der Waals surface area (Å²) in [5, 5.41) is 13.3.